The lowest BCUT2D eigenvalue weighted by Crippen LogP contribution is -2.36. The smallest absolute Gasteiger partial charge is 0.136 e. The van der Waals surface area contributed by atoms with E-state index in [2.05, 4.69) is 88.5 Å². The summed E-state index contributed by atoms with van der Waals surface area (Å²) in [5.41, 5.74) is 4.41. The third-order valence-electron chi connectivity index (χ3n) is 6.71. The van der Waals surface area contributed by atoms with Gasteiger partial charge in [-0.25, -0.2) is 9.97 Å². The number of nitrogens with zero attached hydrogens (tertiary/aromatic N) is 3. The molecule has 0 spiro atoms. The molecular formula is C31H27Cl2N3O. The largest absolute Gasteiger partial charge is 0.388 e. The number of imidazole rings is 1. The number of rotatable bonds is 9. The Bertz CT molecular complexity index is 1340. The number of hydrogen-bond acceptors (Lipinski definition) is 3. The van der Waals surface area contributed by atoms with Crippen LogP contribution in [0.1, 0.15) is 46.9 Å². The lowest BCUT2D eigenvalue weighted by Gasteiger charge is -2.37. The molecule has 0 aliphatic carbocycles. The summed E-state index contributed by atoms with van der Waals surface area (Å²) in [4.78, 5) is 8.82. The quantitative estimate of drug-likeness (QED) is 0.159. The molecule has 0 aliphatic heterocycles. The predicted octanol–water partition coefficient (Wildman–Crippen LogP) is 7.48. The minimum atomic E-state index is -0.712. The van der Waals surface area contributed by atoms with Crippen LogP contribution in [0.4, 0.5) is 0 Å². The van der Waals surface area contributed by atoms with Gasteiger partial charge in [-0.2, -0.15) is 0 Å². The van der Waals surface area contributed by atoms with Crippen molar-refractivity contribution >= 4 is 23.2 Å². The standard InChI is InChI=1S/C31H27Cl2N3O/c32-29-20-19-27(30(33)35-29)28(37)18-10-17-26-21-36(22-34-26)31(23-11-4-1-5-12-23,24-13-6-2-7-14-24)25-15-8-3-9-16-25/h1-9,11-16,19-22,28,37H,10,17-18H2. The Hall–Kier alpha value is -3.44. The first-order valence-corrected chi connectivity index (χ1v) is 13.0. The molecule has 4 nitrogen and oxygen atoms in total. The maximum atomic E-state index is 10.7. The van der Waals surface area contributed by atoms with Crippen molar-refractivity contribution in [3.63, 3.8) is 0 Å². The van der Waals surface area contributed by atoms with E-state index < -0.39 is 11.6 Å². The highest BCUT2D eigenvalue weighted by molar-refractivity contribution is 6.32. The molecule has 0 bridgehead atoms. The van der Waals surface area contributed by atoms with Crippen LogP contribution in [-0.4, -0.2) is 19.6 Å². The van der Waals surface area contributed by atoms with Gasteiger partial charge in [0, 0.05) is 11.8 Å². The molecule has 5 aromatic rings. The van der Waals surface area contributed by atoms with E-state index in [-0.39, 0.29) is 5.15 Å². The zero-order valence-corrected chi connectivity index (χ0v) is 21.7. The van der Waals surface area contributed by atoms with Crippen LogP contribution in [-0.2, 0) is 12.0 Å². The first-order valence-electron chi connectivity index (χ1n) is 12.3. The first-order chi connectivity index (χ1) is 18.1. The molecule has 2 aromatic heterocycles. The van der Waals surface area contributed by atoms with Gasteiger partial charge in [0.05, 0.1) is 18.1 Å². The van der Waals surface area contributed by atoms with Crippen LogP contribution in [0.15, 0.2) is 116 Å². The molecule has 0 fully saturated rings. The number of aliphatic hydroxyl groups excluding tert-OH is 1. The number of aromatic nitrogens is 3. The molecule has 37 heavy (non-hydrogen) atoms. The van der Waals surface area contributed by atoms with E-state index in [1.165, 1.54) is 0 Å². The average Bonchev–Trinajstić information content (AvgIpc) is 3.40. The van der Waals surface area contributed by atoms with Gasteiger partial charge in [0.1, 0.15) is 15.8 Å². The van der Waals surface area contributed by atoms with Crippen molar-refractivity contribution < 1.29 is 5.11 Å². The van der Waals surface area contributed by atoms with Crippen LogP contribution in [0, 0.1) is 0 Å². The molecule has 0 radical (unpaired) electrons. The van der Waals surface area contributed by atoms with Gasteiger partial charge in [0.25, 0.3) is 0 Å². The van der Waals surface area contributed by atoms with Gasteiger partial charge in [-0.3, -0.25) is 0 Å². The number of hydrogen-bond donors (Lipinski definition) is 1. The summed E-state index contributed by atoms with van der Waals surface area (Å²) in [6, 6.07) is 34.9. The van der Waals surface area contributed by atoms with Gasteiger partial charge < -0.3 is 9.67 Å². The van der Waals surface area contributed by atoms with E-state index in [4.69, 9.17) is 28.2 Å². The number of aryl methyl sites for hydroxylation is 1. The van der Waals surface area contributed by atoms with Crippen LogP contribution >= 0.6 is 23.2 Å². The number of pyridine rings is 1. The Kier molecular flexibility index (Phi) is 7.71. The maximum Gasteiger partial charge on any atom is 0.136 e. The lowest BCUT2D eigenvalue weighted by molar-refractivity contribution is 0.164. The number of benzene rings is 3. The molecule has 1 atom stereocenters. The molecule has 3 aromatic carbocycles. The fourth-order valence-corrected chi connectivity index (χ4v) is 5.44. The van der Waals surface area contributed by atoms with Crippen LogP contribution in [0.25, 0.3) is 0 Å². The lowest BCUT2D eigenvalue weighted by atomic mass is 9.77. The third kappa shape index (κ3) is 5.19. The van der Waals surface area contributed by atoms with Crippen molar-refractivity contribution in [3.05, 3.63) is 154 Å². The minimum absolute atomic E-state index is 0.239. The van der Waals surface area contributed by atoms with E-state index >= 15 is 0 Å². The zero-order valence-electron chi connectivity index (χ0n) is 20.2. The summed E-state index contributed by atoms with van der Waals surface area (Å²) in [6.45, 7) is 0. The van der Waals surface area contributed by atoms with Crippen molar-refractivity contribution in [2.24, 2.45) is 0 Å². The number of halogens is 2. The summed E-state index contributed by atoms with van der Waals surface area (Å²) < 4.78 is 2.21. The van der Waals surface area contributed by atoms with Gasteiger partial charge in [-0.05, 0) is 42.0 Å². The van der Waals surface area contributed by atoms with E-state index in [0.717, 1.165) is 35.2 Å². The zero-order chi connectivity index (χ0) is 25.7. The second-order valence-electron chi connectivity index (χ2n) is 9.00. The molecule has 1 N–H and O–H groups in total. The molecule has 2 heterocycles. The van der Waals surface area contributed by atoms with Gasteiger partial charge in [0.15, 0.2) is 0 Å². The first kappa shape index (κ1) is 25.2. The van der Waals surface area contributed by atoms with Gasteiger partial charge in [-0.1, -0.05) is 120 Å². The highest BCUT2D eigenvalue weighted by atomic mass is 35.5. The Morgan fingerprint density at radius 3 is 1.81 bits per heavy atom. The molecule has 0 amide bonds. The van der Waals surface area contributed by atoms with Crippen molar-refractivity contribution in [2.45, 2.75) is 30.9 Å². The monoisotopic (exact) mass is 527 g/mol. The van der Waals surface area contributed by atoms with Gasteiger partial charge in [-0.15, -0.1) is 0 Å². The van der Waals surface area contributed by atoms with E-state index in [0.29, 0.717) is 17.1 Å². The van der Waals surface area contributed by atoms with Crippen molar-refractivity contribution in [3.8, 4) is 0 Å². The third-order valence-corrected chi connectivity index (χ3v) is 7.22. The summed E-state index contributed by atoms with van der Waals surface area (Å²) in [5.74, 6) is 0. The fraction of sp³-hybridized carbons (Fsp3) is 0.161. The Morgan fingerprint density at radius 2 is 1.30 bits per heavy atom. The second-order valence-corrected chi connectivity index (χ2v) is 9.75. The Morgan fingerprint density at radius 1 is 0.757 bits per heavy atom. The van der Waals surface area contributed by atoms with Crippen LogP contribution < -0.4 is 0 Å². The summed E-state index contributed by atoms with van der Waals surface area (Å²) >= 11 is 12.1. The highest BCUT2D eigenvalue weighted by Crippen LogP contribution is 2.40. The summed E-state index contributed by atoms with van der Waals surface area (Å²) in [7, 11) is 0. The second kappa shape index (κ2) is 11.3. The molecular weight excluding hydrogens is 501 g/mol. The highest BCUT2D eigenvalue weighted by Gasteiger charge is 2.38. The predicted molar refractivity (Wildman–Crippen MR) is 149 cm³/mol. The topological polar surface area (TPSA) is 50.9 Å². The molecule has 0 saturated carbocycles. The van der Waals surface area contributed by atoms with E-state index in [1.54, 1.807) is 12.1 Å². The SMILES string of the molecule is OC(CCCc1cn(C(c2ccccc2)(c2ccccc2)c2ccccc2)cn1)c1ccc(Cl)nc1Cl. The average molecular weight is 528 g/mol. The minimum Gasteiger partial charge on any atom is -0.388 e. The summed E-state index contributed by atoms with van der Waals surface area (Å²) in [5, 5.41) is 11.2. The van der Waals surface area contributed by atoms with Crippen molar-refractivity contribution in [1.82, 2.24) is 14.5 Å². The molecule has 1 unspecified atom stereocenters. The molecule has 6 heteroatoms. The van der Waals surface area contributed by atoms with Gasteiger partial charge >= 0.3 is 0 Å². The normalized spacial score (nSPS) is 12.4. The fourth-order valence-electron chi connectivity index (χ4n) is 4.96. The van der Waals surface area contributed by atoms with Crippen molar-refractivity contribution in [1.29, 1.82) is 0 Å². The van der Waals surface area contributed by atoms with Crippen LogP contribution in [0.3, 0.4) is 0 Å². The Balaban J connectivity index is 1.47. The molecule has 5 rings (SSSR count). The van der Waals surface area contributed by atoms with Crippen molar-refractivity contribution in [2.75, 3.05) is 0 Å². The maximum absolute atomic E-state index is 10.7. The van der Waals surface area contributed by atoms with E-state index in [9.17, 15) is 5.11 Å². The van der Waals surface area contributed by atoms with E-state index in [1.807, 2.05) is 24.5 Å². The molecule has 0 saturated heterocycles. The summed E-state index contributed by atoms with van der Waals surface area (Å²) in [6.07, 6.45) is 5.33. The number of aliphatic hydroxyl groups is 1. The Labute approximate surface area is 227 Å². The van der Waals surface area contributed by atoms with Gasteiger partial charge in [0.2, 0.25) is 0 Å². The van der Waals surface area contributed by atoms with Crippen LogP contribution in [0.2, 0.25) is 10.3 Å². The van der Waals surface area contributed by atoms with Crippen LogP contribution in [0.5, 0.6) is 0 Å². The molecule has 186 valence electrons. The molecule has 0 aliphatic rings.